The molecular formula is C15H15N3O3. The van der Waals surface area contributed by atoms with Gasteiger partial charge in [-0.1, -0.05) is 0 Å². The van der Waals surface area contributed by atoms with E-state index >= 15 is 0 Å². The van der Waals surface area contributed by atoms with Crippen LogP contribution in [0.25, 0.3) is 0 Å². The maximum atomic E-state index is 9.18. The molecule has 6 heteroatoms. The SMILES string of the molecule is CC(C)n1c(C#N)cc(N)c1Oc1ccc2c(c1)OCO2. The van der Waals surface area contributed by atoms with Crippen molar-refractivity contribution in [2.45, 2.75) is 19.9 Å². The number of nitriles is 1. The summed E-state index contributed by atoms with van der Waals surface area (Å²) in [4.78, 5) is 0. The maximum absolute atomic E-state index is 9.18. The molecule has 0 aliphatic carbocycles. The van der Waals surface area contributed by atoms with Crippen LogP contribution in [0.4, 0.5) is 5.69 Å². The lowest BCUT2D eigenvalue weighted by atomic mass is 10.3. The fourth-order valence-corrected chi connectivity index (χ4v) is 2.29. The molecular weight excluding hydrogens is 270 g/mol. The highest BCUT2D eigenvalue weighted by molar-refractivity contribution is 5.57. The molecule has 0 fully saturated rings. The predicted octanol–water partition coefficient (Wildman–Crippen LogP) is 3.04. The summed E-state index contributed by atoms with van der Waals surface area (Å²) in [6.07, 6.45) is 0. The zero-order chi connectivity index (χ0) is 15.0. The predicted molar refractivity (Wildman–Crippen MR) is 76.6 cm³/mol. The summed E-state index contributed by atoms with van der Waals surface area (Å²) in [7, 11) is 0. The monoisotopic (exact) mass is 285 g/mol. The normalized spacial score (nSPS) is 12.5. The Morgan fingerprint density at radius 2 is 2.05 bits per heavy atom. The van der Waals surface area contributed by atoms with Crippen LogP contribution in [0.2, 0.25) is 0 Å². The average molecular weight is 285 g/mol. The summed E-state index contributed by atoms with van der Waals surface area (Å²) in [5, 5.41) is 9.18. The van der Waals surface area contributed by atoms with Crippen molar-refractivity contribution in [1.29, 1.82) is 5.26 Å². The first-order valence-corrected chi connectivity index (χ1v) is 6.58. The van der Waals surface area contributed by atoms with Crippen LogP contribution in [0.15, 0.2) is 24.3 Å². The second-order valence-electron chi connectivity index (χ2n) is 4.98. The van der Waals surface area contributed by atoms with Gasteiger partial charge in [0.05, 0.1) is 5.69 Å². The fourth-order valence-electron chi connectivity index (χ4n) is 2.29. The topological polar surface area (TPSA) is 82.4 Å². The Morgan fingerprint density at radius 3 is 2.76 bits per heavy atom. The summed E-state index contributed by atoms with van der Waals surface area (Å²) < 4.78 is 18.2. The van der Waals surface area contributed by atoms with Crippen molar-refractivity contribution in [2.75, 3.05) is 12.5 Å². The van der Waals surface area contributed by atoms with E-state index in [2.05, 4.69) is 6.07 Å². The first-order valence-electron chi connectivity index (χ1n) is 6.58. The third kappa shape index (κ3) is 2.23. The molecule has 2 N–H and O–H groups in total. The number of anilines is 1. The minimum absolute atomic E-state index is 0.0564. The van der Waals surface area contributed by atoms with Crippen molar-refractivity contribution in [3.8, 4) is 29.2 Å². The summed E-state index contributed by atoms with van der Waals surface area (Å²) in [6.45, 7) is 4.14. The summed E-state index contributed by atoms with van der Waals surface area (Å²) in [5.41, 5.74) is 6.86. The third-order valence-electron chi connectivity index (χ3n) is 3.21. The fraction of sp³-hybridized carbons (Fsp3) is 0.267. The van der Waals surface area contributed by atoms with Gasteiger partial charge in [-0.15, -0.1) is 0 Å². The maximum Gasteiger partial charge on any atom is 0.231 e. The number of nitrogen functional groups attached to an aromatic ring is 1. The molecule has 1 aliphatic heterocycles. The van der Waals surface area contributed by atoms with E-state index in [0.717, 1.165) is 0 Å². The number of nitrogens with two attached hydrogens (primary N) is 1. The van der Waals surface area contributed by atoms with E-state index < -0.39 is 0 Å². The Morgan fingerprint density at radius 1 is 1.29 bits per heavy atom. The van der Waals surface area contributed by atoms with Gasteiger partial charge in [-0.05, 0) is 26.0 Å². The molecule has 1 aliphatic rings. The molecule has 0 saturated heterocycles. The van der Waals surface area contributed by atoms with Crippen LogP contribution in [0.3, 0.4) is 0 Å². The average Bonchev–Trinajstić information content (AvgIpc) is 3.03. The largest absolute Gasteiger partial charge is 0.454 e. The van der Waals surface area contributed by atoms with Crippen LogP contribution in [-0.4, -0.2) is 11.4 Å². The molecule has 0 radical (unpaired) electrons. The number of aromatic nitrogens is 1. The lowest BCUT2D eigenvalue weighted by Crippen LogP contribution is -2.06. The molecule has 0 amide bonds. The third-order valence-corrected chi connectivity index (χ3v) is 3.21. The second-order valence-corrected chi connectivity index (χ2v) is 4.98. The minimum atomic E-state index is 0.0564. The number of hydrogen-bond donors (Lipinski definition) is 1. The van der Waals surface area contributed by atoms with E-state index in [4.69, 9.17) is 19.9 Å². The van der Waals surface area contributed by atoms with Crippen molar-refractivity contribution in [3.05, 3.63) is 30.0 Å². The molecule has 0 spiro atoms. The number of benzene rings is 1. The van der Waals surface area contributed by atoms with Crippen LogP contribution in [0.5, 0.6) is 23.1 Å². The molecule has 21 heavy (non-hydrogen) atoms. The van der Waals surface area contributed by atoms with E-state index in [1.165, 1.54) is 0 Å². The number of rotatable bonds is 3. The van der Waals surface area contributed by atoms with Crippen LogP contribution in [-0.2, 0) is 0 Å². The highest BCUT2D eigenvalue weighted by Gasteiger charge is 2.19. The highest BCUT2D eigenvalue weighted by Crippen LogP contribution is 2.39. The standard InChI is InChI=1S/C15H15N3O3/c1-9(2)18-10(7-16)5-12(17)15(18)21-11-3-4-13-14(6-11)20-8-19-13/h3-6,9H,8,17H2,1-2H3. The van der Waals surface area contributed by atoms with Gasteiger partial charge in [0.2, 0.25) is 12.7 Å². The molecule has 108 valence electrons. The molecule has 0 atom stereocenters. The van der Waals surface area contributed by atoms with E-state index in [1.54, 1.807) is 28.8 Å². The Bertz CT molecular complexity index is 728. The number of hydrogen-bond acceptors (Lipinski definition) is 5. The second kappa shape index (κ2) is 4.94. The Hall–Kier alpha value is -2.81. The summed E-state index contributed by atoms with van der Waals surface area (Å²) in [6, 6.07) is 9.09. The quantitative estimate of drug-likeness (QED) is 0.937. The molecule has 1 aromatic carbocycles. The number of fused-ring (bicyclic) bond motifs is 1. The van der Waals surface area contributed by atoms with E-state index in [-0.39, 0.29) is 12.8 Å². The molecule has 1 aromatic heterocycles. The molecule has 3 rings (SSSR count). The van der Waals surface area contributed by atoms with E-state index in [0.29, 0.717) is 34.5 Å². The van der Waals surface area contributed by atoms with Gasteiger partial charge in [-0.25, -0.2) is 0 Å². The molecule has 6 nitrogen and oxygen atoms in total. The lowest BCUT2D eigenvalue weighted by molar-refractivity contribution is 0.174. The van der Waals surface area contributed by atoms with Crippen LogP contribution in [0, 0.1) is 11.3 Å². The molecule has 0 saturated carbocycles. The van der Waals surface area contributed by atoms with Gasteiger partial charge < -0.3 is 19.9 Å². The van der Waals surface area contributed by atoms with Gasteiger partial charge >= 0.3 is 0 Å². The molecule has 0 bridgehead atoms. The lowest BCUT2D eigenvalue weighted by Gasteiger charge is -2.15. The van der Waals surface area contributed by atoms with Gasteiger partial charge in [0.25, 0.3) is 0 Å². The van der Waals surface area contributed by atoms with Crippen molar-refractivity contribution >= 4 is 5.69 Å². The Balaban J connectivity index is 1.98. The van der Waals surface area contributed by atoms with Crippen LogP contribution >= 0.6 is 0 Å². The first-order chi connectivity index (χ1) is 10.1. The van der Waals surface area contributed by atoms with Gasteiger partial charge in [-0.2, -0.15) is 5.26 Å². The van der Waals surface area contributed by atoms with E-state index in [9.17, 15) is 5.26 Å². The zero-order valence-corrected chi connectivity index (χ0v) is 11.8. The zero-order valence-electron chi connectivity index (χ0n) is 11.8. The molecule has 2 aromatic rings. The van der Waals surface area contributed by atoms with Crippen LogP contribution in [0.1, 0.15) is 25.6 Å². The Labute approximate surface area is 122 Å². The van der Waals surface area contributed by atoms with Crippen molar-refractivity contribution in [3.63, 3.8) is 0 Å². The number of ether oxygens (including phenoxy) is 3. The Kier molecular flexibility index (Phi) is 3.10. The molecule has 0 unspecified atom stereocenters. The van der Waals surface area contributed by atoms with Crippen molar-refractivity contribution < 1.29 is 14.2 Å². The van der Waals surface area contributed by atoms with Crippen molar-refractivity contribution in [1.82, 2.24) is 4.57 Å². The van der Waals surface area contributed by atoms with Gasteiger partial charge in [0.1, 0.15) is 17.5 Å². The van der Waals surface area contributed by atoms with Gasteiger partial charge in [-0.3, -0.25) is 4.57 Å². The first kappa shape index (κ1) is 13.2. The molecule has 2 heterocycles. The van der Waals surface area contributed by atoms with Gasteiger partial charge in [0.15, 0.2) is 11.5 Å². The van der Waals surface area contributed by atoms with E-state index in [1.807, 2.05) is 13.8 Å². The summed E-state index contributed by atoms with van der Waals surface area (Å²) >= 11 is 0. The smallest absolute Gasteiger partial charge is 0.231 e. The van der Waals surface area contributed by atoms with Gasteiger partial charge in [0, 0.05) is 18.2 Å². The number of nitrogens with zero attached hydrogens (tertiary/aromatic N) is 2. The van der Waals surface area contributed by atoms with Crippen molar-refractivity contribution in [2.24, 2.45) is 0 Å². The minimum Gasteiger partial charge on any atom is -0.454 e. The van der Waals surface area contributed by atoms with Crippen LogP contribution < -0.4 is 19.9 Å². The highest BCUT2D eigenvalue weighted by atomic mass is 16.7. The summed E-state index contributed by atoms with van der Waals surface area (Å²) in [5.74, 6) is 2.36.